The van der Waals surface area contributed by atoms with Gasteiger partial charge in [-0.15, -0.1) is 0 Å². The molecule has 0 aliphatic carbocycles. The van der Waals surface area contributed by atoms with Crippen LogP contribution in [-0.4, -0.2) is 4.92 Å². The topological polar surface area (TPSA) is 96.1 Å². The van der Waals surface area contributed by atoms with Crippen LogP contribution in [-0.2, 0) is 6.42 Å². The van der Waals surface area contributed by atoms with Gasteiger partial charge in [-0.2, -0.15) is 0 Å². The van der Waals surface area contributed by atoms with Crippen molar-refractivity contribution in [2.75, 3.05) is 5.73 Å². The van der Waals surface area contributed by atoms with Crippen molar-refractivity contribution in [1.29, 1.82) is 0 Å². The Labute approximate surface area is 74.3 Å². The highest BCUT2D eigenvalue weighted by atomic mass is 16.6. The zero-order chi connectivity index (χ0) is 10.0. The third-order valence-corrected chi connectivity index (χ3v) is 1.68. The molecule has 13 heavy (non-hydrogen) atoms. The zero-order valence-electron chi connectivity index (χ0n) is 7.06. The fourth-order valence-corrected chi connectivity index (χ4v) is 0.998. The predicted molar refractivity (Wildman–Crippen MR) is 45.8 cm³/mol. The summed E-state index contributed by atoms with van der Waals surface area (Å²) in [5.74, 6) is -0.147. The van der Waals surface area contributed by atoms with Crippen molar-refractivity contribution in [2.24, 2.45) is 0 Å². The van der Waals surface area contributed by atoms with E-state index in [0.29, 0.717) is 16.8 Å². The summed E-state index contributed by atoms with van der Waals surface area (Å²) in [6.07, 6.45) is 0.412. The van der Waals surface area contributed by atoms with Crippen molar-refractivity contribution < 1.29 is 9.65 Å². The summed E-state index contributed by atoms with van der Waals surface area (Å²) >= 11 is 0. The highest BCUT2D eigenvalue weighted by molar-refractivity contribution is 5.38. The lowest BCUT2D eigenvalue weighted by Gasteiger charge is -2.09. The Morgan fingerprint density at radius 1 is 1.62 bits per heavy atom. The van der Waals surface area contributed by atoms with E-state index in [4.69, 9.17) is 5.73 Å². The summed E-state index contributed by atoms with van der Waals surface area (Å²) < 4.78 is 0.493. The molecule has 0 unspecified atom stereocenters. The van der Waals surface area contributed by atoms with E-state index < -0.39 is 4.92 Å². The standard InChI is InChI=1S/C7H9N3O3/c1-2-5-3-6(10(12)13)4-7(8)9(5)11/h3-4H,2,8H2,1H3. The van der Waals surface area contributed by atoms with E-state index in [0.717, 1.165) is 6.07 Å². The van der Waals surface area contributed by atoms with Crippen LogP contribution in [0.4, 0.5) is 11.5 Å². The normalized spacial score (nSPS) is 9.92. The van der Waals surface area contributed by atoms with Crippen molar-refractivity contribution in [3.63, 3.8) is 0 Å². The van der Waals surface area contributed by atoms with Gasteiger partial charge in [0.05, 0.1) is 11.0 Å². The Bertz CT molecular complexity index is 351. The van der Waals surface area contributed by atoms with Crippen LogP contribution in [0.15, 0.2) is 12.1 Å². The van der Waals surface area contributed by atoms with Gasteiger partial charge < -0.3 is 5.21 Å². The Morgan fingerprint density at radius 2 is 2.23 bits per heavy atom. The first-order valence-electron chi connectivity index (χ1n) is 3.72. The van der Waals surface area contributed by atoms with Gasteiger partial charge in [0.2, 0.25) is 0 Å². The van der Waals surface area contributed by atoms with E-state index in [1.54, 1.807) is 6.92 Å². The molecule has 1 aromatic rings. The van der Waals surface area contributed by atoms with Gasteiger partial charge >= 0.3 is 0 Å². The number of hydrogen-bond donors (Lipinski definition) is 1. The third-order valence-electron chi connectivity index (χ3n) is 1.68. The van der Waals surface area contributed by atoms with Gasteiger partial charge in [0, 0.05) is 6.42 Å². The number of aromatic nitrogens is 1. The lowest BCUT2D eigenvalue weighted by Crippen LogP contribution is -2.35. The molecule has 0 radical (unpaired) electrons. The zero-order valence-corrected chi connectivity index (χ0v) is 7.06. The van der Waals surface area contributed by atoms with Gasteiger partial charge in [-0.05, 0) is 0 Å². The molecule has 6 nitrogen and oxygen atoms in total. The largest absolute Gasteiger partial charge is 0.710 e. The maximum atomic E-state index is 11.1. The van der Waals surface area contributed by atoms with E-state index in [1.807, 2.05) is 0 Å². The number of aryl methyl sites for hydroxylation is 1. The van der Waals surface area contributed by atoms with Crippen molar-refractivity contribution in [1.82, 2.24) is 0 Å². The summed E-state index contributed by atoms with van der Waals surface area (Å²) in [6, 6.07) is 2.27. The first-order valence-corrected chi connectivity index (χ1v) is 3.72. The molecule has 1 heterocycles. The number of anilines is 1. The molecule has 1 aromatic heterocycles. The lowest BCUT2D eigenvalue weighted by atomic mass is 10.2. The summed E-state index contributed by atoms with van der Waals surface area (Å²) in [4.78, 5) is 9.80. The summed E-state index contributed by atoms with van der Waals surface area (Å²) in [5, 5.41) is 21.5. The van der Waals surface area contributed by atoms with Gasteiger partial charge in [-0.3, -0.25) is 15.8 Å². The number of pyridine rings is 1. The second-order valence-electron chi connectivity index (χ2n) is 2.53. The van der Waals surface area contributed by atoms with Crippen LogP contribution < -0.4 is 10.5 Å². The molecule has 70 valence electrons. The molecule has 0 saturated heterocycles. The third kappa shape index (κ3) is 1.66. The Hall–Kier alpha value is -1.85. The Morgan fingerprint density at radius 3 is 2.69 bits per heavy atom. The smallest absolute Gasteiger partial charge is 0.282 e. The van der Waals surface area contributed by atoms with Gasteiger partial charge in [0.15, 0.2) is 0 Å². The molecule has 0 aliphatic heterocycles. The molecule has 0 fully saturated rings. The fraction of sp³-hybridized carbons (Fsp3) is 0.286. The average Bonchev–Trinajstić information content (AvgIpc) is 2.09. The number of nitrogens with two attached hydrogens (primary N) is 1. The quantitative estimate of drug-likeness (QED) is 0.310. The van der Waals surface area contributed by atoms with Crippen LogP contribution in [0.2, 0.25) is 0 Å². The Kier molecular flexibility index (Phi) is 2.32. The summed E-state index contributed by atoms with van der Waals surface area (Å²) in [6.45, 7) is 1.73. The number of hydrogen-bond acceptors (Lipinski definition) is 4. The average molecular weight is 183 g/mol. The van der Waals surface area contributed by atoms with Crippen LogP contribution in [0.3, 0.4) is 0 Å². The molecule has 0 aromatic carbocycles. The van der Waals surface area contributed by atoms with Gasteiger partial charge in [-0.25, -0.2) is 4.73 Å². The second-order valence-corrected chi connectivity index (χ2v) is 2.53. The highest BCUT2D eigenvalue weighted by Gasteiger charge is 2.13. The first kappa shape index (κ1) is 9.24. The molecule has 0 amide bonds. The molecule has 0 saturated carbocycles. The van der Waals surface area contributed by atoms with Crippen molar-refractivity contribution in [3.05, 3.63) is 33.1 Å². The van der Waals surface area contributed by atoms with E-state index in [2.05, 4.69) is 0 Å². The highest BCUT2D eigenvalue weighted by Crippen LogP contribution is 2.13. The molecule has 0 spiro atoms. The van der Waals surface area contributed by atoms with E-state index in [-0.39, 0.29) is 11.5 Å². The van der Waals surface area contributed by atoms with Gasteiger partial charge in [0.1, 0.15) is 11.8 Å². The Balaban J connectivity index is 3.30. The van der Waals surface area contributed by atoms with Crippen LogP contribution in [0, 0.1) is 15.3 Å². The molecule has 6 heteroatoms. The molecular formula is C7H9N3O3. The van der Waals surface area contributed by atoms with E-state index in [9.17, 15) is 15.3 Å². The number of nitro groups is 1. The van der Waals surface area contributed by atoms with Crippen molar-refractivity contribution in [3.8, 4) is 0 Å². The van der Waals surface area contributed by atoms with Crippen LogP contribution >= 0.6 is 0 Å². The minimum absolute atomic E-state index is 0.147. The van der Waals surface area contributed by atoms with E-state index >= 15 is 0 Å². The molecule has 0 atom stereocenters. The van der Waals surface area contributed by atoms with Gasteiger partial charge in [0.25, 0.3) is 11.5 Å². The molecular weight excluding hydrogens is 174 g/mol. The lowest BCUT2D eigenvalue weighted by molar-refractivity contribution is -0.599. The van der Waals surface area contributed by atoms with Gasteiger partial charge in [-0.1, -0.05) is 6.92 Å². The van der Waals surface area contributed by atoms with Crippen LogP contribution in [0.25, 0.3) is 0 Å². The fourth-order valence-electron chi connectivity index (χ4n) is 0.998. The number of rotatable bonds is 2. The number of nitrogens with zero attached hydrogens (tertiary/aromatic N) is 2. The van der Waals surface area contributed by atoms with Crippen molar-refractivity contribution in [2.45, 2.75) is 13.3 Å². The van der Waals surface area contributed by atoms with Crippen LogP contribution in [0.1, 0.15) is 12.6 Å². The molecule has 2 N–H and O–H groups in total. The summed E-state index contributed by atoms with van der Waals surface area (Å²) in [5.41, 5.74) is 5.43. The maximum absolute atomic E-state index is 11.1. The maximum Gasteiger partial charge on any atom is 0.282 e. The predicted octanol–water partition coefficient (Wildman–Crippen LogP) is 0.373. The summed E-state index contributed by atoms with van der Waals surface area (Å²) in [7, 11) is 0. The SMILES string of the molecule is CCc1cc([N+](=O)[O-])cc(N)[n+]1[O-]. The van der Waals surface area contributed by atoms with Crippen LogP contribution in [0.5, 0.6) is 0 Å². The minimum Gasteiger partial charge on any atom is -0.710 e. The molecule has 0 bridgehead atoms. The second kappa shape index (κ2) is 3.26. The monoisotopic (exact) mass is 183 g/mol. The minimum atomic E-state index is -0.574. The molecule has 1 rings (SSSR count). The van der Waals surface area contributed by atoms with Crippen molar-refractivity contribution >= 4 is 11.5 Å². The van der Waals surface area contributed by atoms with E-state index in [1.165, 1.54) is 6.07 Å². The number of nitrogen functional groups attached to an aromatic ring is 1. The first-order chi connectivity index (χ1) is 6.06. The molecule has 0 aliphatic rings.